The molecule has 12 aromatic heterocycles. The van der Waals surface area contributed by atoms with Gasteiger partial charge in [0.15, 0.2) is 33.9 Å². The number of hydrogen-bond acceptors (Lipinski definition) is 21. The molecule has 0 aliphatic heterocycles. The average molecular weight is 1420 g/mol. The first kappa shape index (κ1) is 64.6. The topological polar surface area (TPSA) is 408 Å². The molecule has 24 rings (SSSR count). The van der Waals surface area contributed by atoms with E-state index >= 15 is 0 Å². The van der Waals surface area contributed by atoms with Gasteiger partial charge in [0.1, 0.15) is 35.5 Å². The highest BCUT2D eigenvalue weighted by molar-refractivity contribution is 5.83. The minimum Gasteiger partial charge on any atom is -0.481 e. The number of imidazole rings is 3. The number of nitrogens with two attached hydrogens (primary N) is 2. The summed E-state index contributed by atoms with van der Waals surface area (Å²) in [5.41, 5.74) is 19.6. The Kier molecular flexibility index (Phi) is 13.8. The molecule has 12 heterocycles. The second-order valence-electron chi connectivity index (χ2n) is 32.8. The number of hydrogen-bond donors (Lipinski definition) is 6. The van der Waals surface area contributed by atoms with E-state index in [1.807, 2.05) is 66.7 Å². The standard InChI is InChI=1S/2C24H27N9O2.C24H26N8O3/c2*1-13-3-18-27-12-28-32(18)10-16(13)29-21-26-9-17-19(30-21)33(22(35)31(17)2)24-7-14-4-15(8-24)6-23(5-14,11-24)20(25)34;1-13-3-18-26-12-27-31(18)10-16(13)28-21-25-9-17-19(29-21)32(22(35)30(17)2)24-7-14-4-15(8-24)6-23(5-14,11-24)20(33)34/h2*3,9-10,12,14-15H,4-8,11H2,1-2H3,(H2,25,34)(H,26,29,30);3,9-10,12,14-15H,4-8,11H2,1-2H3,(H,33,34)(H,25,28,29). The van der Waals surface area contributed by atoms with Crippen molar-refractivity contribution in [1.82, 2.24) is 101 Å². The molecule has 12 bridgehead atoms. The van der Waals surface area contributed by atoms with Crippen molar-refractivity contribution >= 4 is 103 Å². The summed E-state index contributed by atoms with van der Waals surface area (Å²) >= 11 is 0. The minimum absolute atomic E-state index is 0.117. The molecule has 12 saturated carbocycles. The molecule has 0 spiro atoms. The summed E-state index contributed by atoms with van der Waals surface area (Å²) in [6.07, 6.45) is 30.0. The molecule has 0 saturated heterocycles. The van der Waals surface area contributed by atoms with Crippen molar-refractivity contribution in [1.29, 1.82) is 0 Å². The van der Waals surface area contributed by atoms with E-state index in [4.69, 9.17) is 26.4 Å². The van der Waals surface area contributed by atoms with Gasteiger partial charge >= 0.3 is 23.0 Å². The lowest BCUT2D eigenvalue weighted by molar-refractivity contribution is -0.172. The largest absolute Gasteiger partial charge is 0.481 e. The lowest BCUT2D eigenvalue weighted by Gasteiger charge is -2.61. The van der Waals surface area contributed by atoms with Crippen molar-refractivity contribution in [3.63, 3.8) is 0 Å². The van der Waals surface area contributed by atoms with Crippen LogP contribution in [-0.2, 0) is 52.1 Å². The maximum absolute atomic E-state index is 13.6. The van der Waals surface area contributed by atoms with Gasteiger partial charge < -0.3 is 32.5 Å². The van der Waals surface area contributed by atoms with Crippen LogP contribution in [0.3, 0.4) is 0 Å². The van der Waals surface area contributed by atoms with E-state index in [0.717, 1.165) is 134 Å². The van der Waals surface area contributed by atoms with Crippen LogP contribution in [-0.4, -0.2) is 124 Å². The molecule has 12 fully saturated rings. The number of primary amides is 2. The fourth-order valence-corrected chi connectivity index (χ4v) is 22.7. The Hall–Kier alpha value is -11.3. The summed E-state index contributed by atoms with van der Waals surface area (Å²) in [6, 6.07) is 5.79. The quantitative estimate of drug-likeness (QED) is 0.0748. The number of rotatable bonds is 12. The van der Waals surface area contributed by atoms with E-state index in [0.29, 0.717) is 119 Å². The summed E-state index contributed by atoms with van der Waals surface area (Å²) in [5, 5.41) is 32.6. The average Bonchev–Trinajstić information content (AvgIpc) is 1.70. The molecule has 540 valence electrons. The molecule has 0 radical (unpaired) electrons. The lowest BCUT2D eigenvalue weighted by atomic mass is 9.46. The van der Waals surface area contributed by atoms with Gasteiger partial charge in [0, 0.05) is 21.1 Å². The number of carboxylic acids is 1. The molecule has 6 unspecified atom stereocenters. The minimum atomic E-state index is -0.746. The summed E-state index contributed by atoms with van der Waals surface area (Å²) in [4.78, 5) is 119. The second-order valence-corrected chi connectivity index (χ2v) is 32.8. The zero-order valence-corrected chi connectivity index (χ0v) is 59.1. The number of carbonyl (C=O) groups excluding carboxylic acids is 2. The number of anilines is 6. The van der Waals surface area contributed by atoms with Gasteiger partial charge in [-0.3, -0.25) is 41.8 Å². The van der Waals surface area contributed by atoms with Crippen LogP contribution in [0, 0.1) is 72.5 Å². The first-order valence-corrected chi connectivity index (χ1v) is 36.2. The third-order valence-corrected chi connectivity index (χ3v) is 26.0. The van der Waals surface area contributed by atoms with Crippen LogP contribution in [0.5, 0.6) is 0 Å². The number of fused-ring (bicyclic) bond motifs is 6. The molecule has 12 aliphatic carbocycles. The normalized spacial score (nSPS) is 29.3. The maximum atomic E-state index is 13.6. The number of carboxylic acid groups (broad SMARTS) is 1. The first-order chi connectivity index (χ1) is 50.3. The molecule has 33 nitrogen and oxygen atoms in total. The zero-order chi connectivity index (χ0) is 72.3. The van der Waals surface area contributed by atoms with Gasteiger partial charge in [0.25, 0.3) is 0 Å². The third kappa shape index (κ3) is 9.75. The second kappa shape index (κ2) is 22.4. The number of pyridine rings is 3. The summed E-state index contributed by atoms with van der Waals surface area (Å²) in [7, 11) is 5.24. The van der Waals surface area contributed by atoms with Crippen molar-refractivity contribution in [2.24, 2.45) is 84.4 Å². The zero-order valence-electron chi connectivity index (χ0n) is 59.1. The van der Waals surface area contributed by atoms with Crippen LogP contribution < -0.4 is 44.5 Å². The number of nitrogens with one attached hydrogen (secondary N) is 3. The molecule has 12 aliphatic rings. The van der Waals surface area contributed by atoms with Gasteiger partial charge in [0.05, 0.1) is 87.1 Å². The van der Waals surface area contributed by atoms with Crippen LogP contribution in [0.15, 0.2) is 88.7 Å². The van der Waals surface area contributed by atoms with Gasteiger partial charge in [-0.15, -0.1) is 0 Å². The SMILES string of the molecule is Cc1cc2ncnn2cc1Nc1ncc2c(n1)n(C13CC4CC(CC(C(=O)O)(C4)C1)C3)c(=O)n2C.Cc1cc2ncnn2cc1Nc1ncc2c(n1)n(C13CC4CC(CC(C(N)=O)(C4)C1)C3)c(=O)n2C.Cc1cc2ncnn2cc1Nc1ncc2c(n1)n(C13CC4CC(CC(C(N)=O)(C4)C1)C3)c(=O)n2C. The number of aryl methyl sites for hydroxylation is 6. The van der Waals surface area contributed by atoms with Crippen molar-refractivity contribution in [2.75, 3.05) is 16.0 Å². The van der Waals surface area contributed by atoms with E-state index in [-0.39, 0.29) is 28.9 Å². The first-order valence-electron chi connectivity index (χ1n) is 36.2. The van der Waals surface area contributed by atoms with E-state index in [2.05, 4.69) is 61.2 Å². The monoisotopic (exact) mass is 1420 g/mol. The van der Waals surface area contributed by atoms with E-state index in [9.17, 15) is 33.9 Å². The number of aromatic nitrogens is 21. The van der Waals surface area contributed by atoms with Crippen LogP contribution in [0.4, 0.5) is 34.9 Å². The predicted molar refractivity (Wildman–Crippen MR) is 383 cm³/mol. The molecular weight excluding hydrogens is 1340 g/mol. The third-order valence-electron chi connectivity index (χ3n) is 26.0. The number of amides is 2. The predicted octanol–water partition coefficient (Wildman–Crippen LogP) is 6.62. The Labute approximate surface area is 596 Å². The summed E-state index contributed by atoms with van der Waals surface area (Å²) in [6.45, 7) is 5.92. The Morgan fingerprint density at radius 1 is 0.429 bits per heavy atom. The Balaban J connectivity index is 0.000000108. The van der Waals surface area contributed by atoms with E-state index < -0.39 is 38.8 Å². The summed E-state index contributed by atoms with van der Waals surface area (Å²) in [5.74, 6) is 2.27. The van der Waals surface area contributed by atoms with Crippen molar-refractivity contribution in [3.05, 3.63) is 123 Å². The fraction of sp³-hybridized carbons (Fsp3) is 0.500. The van der Waals surface area contributed by atoms with Gasteiger partial charge in [-0.1, -0.05) is 0 Å². The smallest absolute Gasteiger partial charge is 0.330 e. The molecule has 0 aromatic carbocycles. The van der Waals surface area contributed by atoms with Gasteiger partial charge in [-0.25, -0.2) is 57.8 Å². The van der Waals surface area contributed by atoms with Crippen LogP contribution in [0.25, 0.3) is 50.4 Å². The Morgan fingerprint density at radius 3 is 0.981 bits per heavy atom. The number of aliphatic carboxylic acids is 1. The highest BCUT2D eigenvalue weighted by atomic mass is 16.4. The highest BCUT2D eigenvalue weighted by Crippen LogP contribution is 2.67. The molecule has 8 N–H and O–H groups in total. The maximum Gasteiger partial charge on any atom is 0.330 e. The van der Waals surface area contributed by atoms with Crippen molar-refractivity contribution in [3.8, 4) is 0 Å². The fourth-order valence-electron chi connectivity index (χ4n) is 22.7. The lowest BCUT2D eigenvalue weighted by Crippen LogP contribution is -2.61. The molecule has 6 atom stereocenters. The van der Waals surface area contributed by atoms with E-state index in [1.54, 1.807) is 71.5 Å². The van der Waals surface area contributed by atoms with E-state index in [1.165, 1.54) is 19.0 Å². The Bertz CT molecular complexity index is 5310. The molecule has 2 amide bonds. The summed E-state index contributed by atoms with van der Waals surface area (Å²) < 4.78 is 15.4. The Morgan fingerprint density at radius 2 is 0.705 bits per heavy atom. The van der Waals surface area contributed by atoms with Gasteiger partial charge in [-0.2, -0.15) is 30.2 Å². The molecular formula is C72H80N26O7. The van der Waals surface area contributed by atoms with Crippen LogP contribution in [0.2, 0.25) is 0 Å². The number of carbonyl (C=O) groups is 3. The van der Waals surface area contributed by atoms with Gasteiger partial charge in [-0.05, 0) is 207 Å². The molecule has 33 heteroatoms. The number of nitrogens with zero attached hydrogens (tertiary/aromatic N) is 21. The molecule has 12 aromatic rings. The van der Waals surface area contributed by atoms with Crippen molar-refractivity contribution < 1.29 is 19.5 Å². The van der Waals surface area contributed by atoms with Crippen molar-refractivity contribution in [2.45, 2.75) is 153 Å². The van der Waals surface area contributed by atoms with Gasteiger partial charge in [0.2, 0.25) is 29.7 Å². The molecule has 105 heavy (non-hydrogen) atoms. The van der Waals surface area contributed by atoms with Crippen LogP contribution >= 0.6 is 0 Å². The highest BCUT2D eigenvalue weighted by Gasteiger charge is 2.65. The van der Waals surface area contributed by atoms with Crippen LogP contribution in [0.1, 0.15) is 132 Å².